The second-order valence-electron chi connectivity index (χ2n) is 3.99. The quantitative estimate of drug-likeness (QED) is 0.840. The molecule has 5 nitrogen and oxygen atoms in total. The van der Waals surface area contributed by atoms with Gasteiger partial charge in [0.15, 0.2) is 0 Å². The molecule has 0 spiro atoms. The molecule has 2 heterocycles. The molecule has 0 radical (unpaired) electrons. The zero-order valence-electron chi connectivity index (χ0n) is 9.52. The van der Waals surface area contributed by atoms with Crippen LogP contribution in [0.25, 0.3) is 0 Å². The number of nitrogens with zero attached hydrogens (tertiary/aromatic N) is 3. The highest BCUT2D eigenvalue weighted by Crippen LogP contribution is 2.08. The molecule has 0 saturated carbocycles. The molecule has 2 rings (SSSR count). The van der Waals surface area contributed by atoms with Gasteiger partial charge in [-0.15, -0.1) is 0 Å². The average Bonchev–Trinajstić information content (AvgIpc) is 2.90. The first-order valence-electron chi connectivity index (χ1n) is 5.67. The van der Waals surface area contributed by atoms with Gasteiger partial charge < -0.3 is 10.2 Å². The van der Waals surface area contributed by atoms with Crippen LogP contribution in [0.15, 0.2) is 18.3 Å². The molecule has 0 aromatic carbocycles. The van der Waals surface area contributed by atoms with Crippen molar-refractivity contribution in [1.29, 1.82) is 5.26 Å². The molecular weight excluding hydrogens is 216 g/mol. The van der Waals surface area contributed by atoms with Crippen LogP contribution in [-0.4, -0.2) is 35.4 Å². The van der Waals surface area contributed by atoms with Crippen LogP contribution >= 0.6 is 0 Å². The Labute approximate surface area is 100 Å². The molecule has 1 aromatic rings. The fraction of sp³-hybridized carbons (Fsp3) is 0.417. The SMILES string of the molecule is N#Cc1ccc(NCC(=O)N2CCCC2)nc1. The van der Waals surface area contributed by atoms with Gasteiger partial charge in [-0.2, -0.15) is 5.26 Å². The molecule has 1 N–H and O–H groups in total. The van der Waals surface area contributed by atoms with E-state index in [-0.39, 0.29) is 12.5 Å². The van der Waals surface area contributed by atoms with Gasteiger partial charge in [0.2, 0.25) is 5.91 Å². The molecule has 1 aliphatic heterocycles. The van der Waals surface area contributed by atoms with E-state index in [1.807, 2.05) is 11.0 Å². The van der Waals surface area contributed by atoms with Gasteiger partial charge in [0.1, 0.15) is 11.9 Å². The number of nitrogens with one attached hydrogen (secondary N) is 1. The maximum atomic E-state index is 11.7. The highest BCUT2D eigenvalue weighted by Gasteiger charge is 2.17. The number of pyridine rings is 1. The number of amides is 1. The lowest BCUT2D eigenvalue weighted by molar-refractivity contribution is -0.128. The van der Waals surface area contributed by atoms with Gasteiger partial charge in [0, 0.05) is 19.3 Å². The van der Waals surface area contributed by atoms with Crippen molar-refractivity contribution in [3.63, 3.8) is 0 Å². The predicted octanol–water partition coefficient (Wildman–Crippen LogP) is 0.988. The van der Waals surface area contributed by atoms with E-state index in [0.717, 1.165) is 25.9 Å². The van der Waals surface area contributed by atoms with E-state index >= 15 is 0 Å². The summed E-state index contributed by atoms with van der Waals surface area (Å²) in [5.74, 6) is 0.727. The van der Waals surface area contributed by atoms with Gasteiger partial charge >= 0.3 is 0 Å². The largest absolute Gasteiger partial charge is 0.361 e. The topological polar surface area (TPSA) is 69.0 Å². The number of carbonyl (C=O) groups excluding carboxylic acids is 1. The van der Waals surface area contributed by atoms with Crippen LogP contribution in [0.1, 0.15) is 18.4 Å². The third kappa shape index (κ3) is 2.94. The minimum Gasteiger partial charge on any atom is -0.361 e. The molecule has 1 saturated heterocycles. The Hall–Kier alpha value is -2.09. The molecule has 1 fully saturated rings. The van der Waals surface area contributed by atoms with Gasteiger partial charge in [-0.25, -0.2) is 4.98 Å². The Morgan fingerprint density at radius 3 is 2.82 bits per heavy atom. The van der Waals surface area contributed by atoms with Crippen LogP contribution in [0.2, 0.25) is 0 Å². The summed E-state index contributed by atoms with van der Waals surface area (Å²) in [5.41, 5.74) is 0.515. The molecule has 88 valence electrons. The first kappa shape index (κ1) is 11.4. The fourth-order valence-corrected chi connectivity index (χ4v) is 1.81. The molecule has 5 heteroatoms. The summed E-state index contributed by atoms with van der Waals surface area (Å²) in [6, 6.07) is 5.38. The summed E-state index contributed by atoms with van der Waals surface area (Å²) in [6.07, 6.45) is 3.68. The minimum absolute atomic E-state index is 0.105. The zero-order valence-corrected chi connectivity index (χ0v) is 9.52. The van der Waals surface area contributed by atoms with Crippen molar-refractivity contribution in [2.24, 2.45) is 0 Å². The van der Waals surface area contributed by atoms with Crippen LogP contribution in [0.5, 0.6) is 0 Å². The summed E-state index contributed by atoms with van der Waals surface area (Å²) in [7, 11) is 0. The number of aromatic nitrogens is 1. The molecule has 0 unspecified atom stereocenters. The van der Waals surface area contributed by atoms with E-state index in [2.05, 4.69) is 10.3 Å². The molecular formula is C12H14N4O. The zero-order chi connectivity index (χ0) is 12.1. The lowest BCUT2D eigenvalue weighted by atomic mass is 10.3. The van der Waals surface area contributed by atoms with Crippen molar-refractivity contribution in [2.75, 3.05) is 25.0 Å². The van der Waals surface area contributed by atoms with E-state index in [4.69, 9.17) is 5.26 Å². The van der Waals surface area contributed by atoms with Crippen LogP contribution in [0, 0.1) is 11.3 Å². The summed E-state index contributed by atoms with van der Waals surface area (Å²) in [6.45, 7) is 1.99. The van der Waals surface area contributed by atoms with Crippen LogP contribution in [-0.2, 0) is 4.79 Å². The second kappa shape index (κ2) is 5.30. The van der Waals surface area contributed by atoms with Gasteiger partial charge in [0.25, 0.3) is 0 Å². The maximum absolute atomic E-state index is 11.7. The van der Waals surface area contributed by atoms with Gasteiger partial charge in [-0.1, -0.05) is 0 Å². The molecule has 1 aromatic heterocycles. The van der Waals surface area contributed by atoms with Crippen molar-refractivity contribution in [1.82, 2.24) is 9.88 Å². The van der Waals surface area contributed by atoms with Crippen molar-refractivity contribution >= 4 is 11.7 Å². The van der Waals surface area contributed by atoms with Crippen LogP contribution in [0.4, 0.5) is 5.82 Å². The van der Waals surface area contributed by atoms with Crippen molar-refractivity contribution < 1.29 is 4.79 Å². The van der Waals surface area contributed by atoms with Crippen molar-refractivity contribution in [3.05, 3.63) is 23.9 Å². The standard InChI is InChI=1S/C12H14N4O/c13-7-10-3-4-11(14-8-10)15-9-12(17)16-5-1-2-6-16/h3-4,8H,1-2,5-6,9H2,(H,14,15). The number of hydrogen-bond donors (Lipinski definition) is 1. The van der Waals surface area contributed by atoms with Crippen LogP contribution in [0.3, 0.4) is 0 Å². The molecule has 0 atom stereocenters. The highest BCUT2D eigenvalue weighted by molar-refractivity contribution is 5.80. The summed E-state index contributed by atoms with van der Waals surface area (Å²) < 4.78 is 0. The van der Waals surface area contributed by atoms with E-state index in [9.17, 15) is 4.79 Å². The Bertz CT molecular complexity index is 429. The van der Waals surface area contributed by atoms with Gasteiger partial charge in [-0.3, -0.25) is 4.79 Å². The number of rotatable bonds is 3. The lowest BCUT2D eigenvalue weighted by Crippen LogP contribution is -2.33. The number of nitriles is 1. The van der Waals surface area contributed by atoms with Gasteiger partial charge in [0.05, 0.1) is 12.1 Å². The van der Waals surface area contributed by atoms with E-state index in [1.165, 1.54) is 6.20 Å². The molecule has 1 aliphatic rings. The second-order valence-corrected chi connectivity index (χ2v) is 3.99. The number of hydrogen-bond acceptors (Lipinski definition) is 4. The predicted molar refractivity (Wildman–Crippen MR) is 63.3 cm³/mol. The van der Waals surface area contributed by atoms with Crippen LogP contribution < -0.4 is 5.32 Å². The maximum Gasteiger partial charge on any atom is 0.241 e. The Morgan fingerprint density at radius 2 is 2.24 bits per heavy atom. The van der Waals surface area contributed by atoms with Crippen molar-refractivity contribution in [3.8, 4) is 6.07 Å². The van der Waals surface area contributed by atoms with E-state index in [1.54, 1.807) is 12.1 Å². The summed E-state index contributed by atoms with van der Waals surface area (Å²) >= 11 is 0. The fourth-order valence-electron chi connectivity index (χ4n) is 1.81. The van der Waals surface area contributed by atoms with Gasteiger partial charge in [-0.05, 0) is 25.0 Å². The molecule has 1 amide bonds. The Morgan fingerprint density at radius 1 is 1.47 bits per heavy atom. The summed E-state index contributed by atoms with van der Waals surface area (Å²) in [5, 5.41) is 11.6. The monoisotopic (exact) mass is 230 g/mol. The van der Waals surface area contributed by atoms with Crippen molar-refractivity contribution in [2.45, 2.75) is 12.8 Å². The normalized spacial score (nSPS) is 14.4. The lowest BCUT2D eigenvalue weighted by Gasteiger charge is -2.15. The Kier molecular flexibility index (Phi) is 3.55. The minimum atomic E-state index is 0.105. The number of anilines is 1. The smallest absolute Gasteiger partial charge is 0.241 e. The third-order valence-electron chi connectivity index (χ3n) is 2.77. The highest BCUT2D eigenvalue weighted by atomic mass is 16.2. The Balaban J connectivity index is 1.84. The molecule has 0 aliphatic carbocycles. The number of carbonyl (C=O) groups is 1. The number of likely N-dealkylation sites (tertiary alicyclic amines) is 1. The molecule has 0 bridgehead atoms. The third-order valence-corrected chi connectivity index (χ3v) is 2.77. The van der Waals surface area contributed by atoms with E-state index < -0.39 is 0 Å². The first-order valence-corrected chi connectivity index (χ1v) is 5.67. The average molecular weight is 230 g/mol. The van der Waals surface area contributed by atoms with E-state index in [0.29, 0.717) is 11.4 Å². The summed E-state index contributed by atoms with van der Waals surface area (Å²) in [4.78, 5) is 17.6. The molecule has 17 heavy (non-hydrogen) atoms. The first-order chi connectivity index (χ1) is 8.29.